The van der Waals surface area contributed by atoms with Crippen molar-refractivity contribution in [3.05, 3.63) is 0 Å². The third-order valence-electron chi connectivity index (χ3n) is 2.04. The zero-order valence-corrected chi connectivity index (χ0v) is 8.42. The molecule has 3 unspecified atom stereocenters. The second-order valence-corrected chi connectivity index (χ2v) is 3.47. The Bertz CT molecular complexity index is 364. The molecule has 1 N–H and O–H groups in total. The van der Waals surface area contributed by atoms with E-state index in [2.05, 4.69) is 0 Å². The van der Waals surface area contributed by atoms with Gasteiger partial charge in [-0.05, 0) is 0 Å². The highest BCUT2D eigenvalue weighted by Crippen LogP contribution is 2.60. The van der Waals surface area contributed by atoms with Gasteiger partial charge >= 0.3 is 36.2 Å². The molecule has 0 bridgehead atoms. The Morgan fingerprint density at radius 3 is 1.30 bits per heavy atom. The van der Waals surface area contributed by atoms with Crippen LogP contribution in [0.15, 0.2) is 0 Å². The summed E-state index contributed by atoms with van der Waals surface area (Å²) in [4.78, 5) is 0. The van der Waals surface area contributed by atoms with Crippen molar-refractivity contribution in [1.29, 1.82) is 0 Å². The van der Waals surface area contributed by atoms with Gasteiger partial charge in [-0.3, -0.25) is 4.74 Å². The molecule has 0 amide bonds. The zero-order valence-electron chi connectivity index (χ0n) is 8.42. The first kappa shape index (κ1) is 17.2. The number of hydrogen-bond donors (Lipinski definition) is 1. The molecule has 14 heteroatoms. The third-order valence-corrected chi connectivity index (χ3v) is 2.04. The molecule has 0 aromatic heterocycles. The Hall–Kier alpha value is -0.890. The minimum absolute atomic E-state index is 1.94. The first-order chi connectivity index (χ1) is 8.41. The Morgan fingerprint density at radius 1 is 0.650 bits per heavy atom. The highest BCUT2D eigenvalue weighted by molar-refractivity contribution is 5.00. The molecule has 1 rings (SSSR count). The van der Waals surface area contributed by atoms with Crippen molar-refractivity contribution < 1.29 is 62.9 Å². The van der Waals surface area contributed by atoms with Gasteiger partial charge in [-0.15, -0.1) is 0 Å². The van der Waals surface area contributed by atoms with Gasteiger partial charge in [-0.1, -0.05) is 0 Å². The second kappa shape index (κ2) is 3.85. The van der Waals surface area contributed by atoms with Crippen LogP contribution in [0.5, 0.6) is 0 Å². The van der Waals surface area contributed by atoms with Crippen LogP contribution in [0.25, 0.3) is 0 Å². The summed E-state index contributed by atoms with van der Waals surface area (Å²) in [7, 11) is 0. The first-order valence-corrected chi connectivity index (χ1v) is 4.12. The molecule has 1 aliphatic rings. The molecule has 0 aromatic rings. The van der Waals surface area contributed by atoms with Crippen molar-refractivity contribution >= 4 is 0 Å². The normalized spacial score (nSPS) is 42.6. The fourth-order valence-corrected chi connectivity index (χ4v) is 1.07. The van der Waals surface area contributed by atoms with Crippen LogP contribution in [0.2, 0.25) is 0 Å². The molecule has 20 heavy (non-hydrogen) atoms. The lowest BCUT2D eigenvalue weighted by molar-refractivity contribution is -0.629. The van der Waals surface area contributed by atoms with Crippen molar-refractivity contribution in [2.45, 2.75) is 36.2 Å². The highest BCUT2D eigenvalue weighted by atomic mass is 19.4. The van der Waals surface area contributed by atoms with Crippen LogP contribution in [-0.2, 0) is 9.47 Å². The molecular weight excluding hydrogens is 329 g/mol. The van der Waals surface area contributed by atoms with Gasteiger partial charge in [0.2, 0.25) is 0 Å². The van der Waals surface area contributed by atoms with Gasteiger partial charge in [0.15, 0.2) is 0 Å². The maximum atomic E-state index is 13.1. The van der Waals surface area contributed by atoms with Crippen molar-refractivity contribution in [2.24, 2.45) is 0 Å². The van der Waals surface area contributed by atoms with E-state index in [1.807, 2.05) is 9.47 Å². The smallest absolute Gasteiger partial charge is 0.335 e. The SMILES string of the molecule is OC1(F)OC(F)(F)C(F)(C(F)(F)F)OC1(F)C(F)(F)F. The summed E-state index contributed by atoms with van der Waals surface area (Å²) in [6.45, 7) is 0. The number of alkyl halides is 11. The lowest BCUT2D eigenvalue weighted by Gasteiger charge is -2.47. The molecule has 3 atom stereocenters. The van der Waals surface area contributed by atoms with E-state index >= 15 is 0 Å². The van der Waals surface area contributed by atoms with Gasteiger partial charge in [0.25, 0.3) is 0 Å². The molecule has 0 spiro atoms. The number of ether oxygens (including phenoxy) is 2. The van der Waals surface area contributed by atoms with Crippen LogP contribution in [0.1, 0.15) is 0 Å². The van der Waals surface area contributed by atoms with Gasteiger partial charge in [0.05, 0.1) is 0 Å². The van der Waals surface area contributed by atoms with Gasteiger partial charge in [-0.2, -0.15) is 48.3 Å². The van der Waals surface area contributed by atoms with Crippen LogP contribution >= 0.6 is 0 Å². The minimum Gasteiger partial charge on any atom is -0.335 e. The molecule has 1 aliphatic heterocycles. The maximum Gasteiger partial charge on any atom is 0.458 e. The lowest BCUT2D eigenvalue weighted by atomic mass is 10.1. The molecule has 1 saturated heterocycles. The molecular formula is C6HF11O3. The van der Waals surface area contributed by atoms with E-state index in [9.17, 15) is 48.3 Å². The predicted molar refractivity (Wildman–Crippen MR) is 33.0 cm³/mol. The monoisotopic (exact) mass is 330 g/mol. The molecule has 0 saturated carbocycles. The van der Waals surface area contributed by atoms with E-state index in [1.54, 1.807) is 0 Å². The summed E-state index contributed by atoms with van der Waals surface area (Å²) in [5.74, 6) is -13.2. The summed E-state index contributed by atoms with van der Waals surface area (Å²) in [6, 6.07) is -6.13. The summed E-state index contributed by atoms with van der Waals surface area (Å²) in [5, 5.41) is 8.14. The van der Waals surface area contributed by atoms with E-state index in [0.717, 1.165) is 0 Å². The van der Waals surface area contributed by atoms with Crippen LogP contribution < -0.4 is 0 Å². The quantitative estimate of drug-likeness (QED) is 0.694. The van der Waals surface area contributed by atoms with Crippen LogP contribution in [0.3, 0.4) is 0 Å². The lowest BCUT2D eigenvalue weighted by Crippen LogP contribution is -2.76. The molecule has 1 fully saturated rings. The average Bonchev–Trinajstić information content (AvgIpc) is 2.09. The molecule has 1 heterocycles. The number of aliphatic hydroxyl groups is 1. The number of halogens is 11. The standard InChI is InChI=1S/C6HF11O3/c7-1(3(9,10)11)5(15,16)20-6(17,18)2(8,19-1)4(12,13)14/h18H. The Kier molecular flexibility index (Phi) is 3.30. The molecule has 3 nitrogen and oxygen atoms in total. The van der Waals surface area contributed by atoms with Crippen LogP contribution in [-0.4, -0.2) is 41.3 Å². The first-order valence-electron chi connectivity index (χ1n) is 4.12. The van der Waals surface area contributed by atoms with Gasteiger partial charge in [0.1, 0.15) is 0 Å². The van der Waals surface area contributed by atoms with Crippen molar-refractivity contribution in [2.75, 3.05) is 0 Å². The van der Waals surface area contributed by atoms with Crippen LogP contribution in [0.4, 0.5) is 48.3 Å². The number of rotatable bonds is 0. The number of hydrogen-bond acceptors (Lipinski definition) is 3. The third kappa shape index (κ3) is 2.00. The fourth-order valence-electron chi connectivity index (χ4n) is 1.07. The van der Waals surface area contributed by atoms with E-state index in [4.69, 9.17) is 5.11 Å². The van der Waals surface area contributed by atoms with Crippen molar-refractivity contribution in [3.63, 3.8) is 0 Å². The predicted octanol–water partition coefficient (Wildman–Crippen LogP) is 2.70. The van der Waals surface area contributed by atoms with Gasteiger partial charge in [0, 0.05) is 0 Å². The highest BCUT2D eigenvalue weighted by Gasteiger charge is 2.90. The topological polar surface area (TPSA) is 38.7 Å². The zero-order chi connectivity index (χ0) is 16.4. The molecule has 0 aromatic carbocycles. The molecule has 0 aliphatic carbocycles. The van der Waals surface area contributed by atoms with E-state index in [0.29, 0.717) is 0 Å². The summed E-state index contributed by atoms with van der Waals surface area (Å²) in [5.41, 5.74) is 0. The molecule has 120 valence electrons. The van der Waals surface area contributed by atoms with Gasteiger partial charge in [-0.25, -0.2) is 4.74 Å². The van der Waals surface area contributed by atoms with Crippen LogP contribution in [0, 0.1) is 0 Å². The van der Waals surface area contributed by atoms with Crippen molar-refractivity contribution in [3.8, 4) is 0 Å². The largest absolute Gasteiger partial charge is 0.458 e. The van der Waals surface area contributed by atoms with E-state index in [-0.39, 0.29) is 0 Å². The summed E-state index contributed by atoms with van der Waals surface area (Å²) in [6.07, 6.45) is -20.3. The van der Waals surface area contributed by atoms with E-state index in [1.165, 1.54) is 0 Å². The maximum absolute atomic E-state index is 13.1. The minimum atomic E-state index is -6.95. The Morgan fingerprint density at radius 2 is 1.00 bits per heavy atom. The van der Waals surface area contributed by atoms with Gasteiger partial charge < -0.3 is 5.11 Å². The average molecular weight is 330 g/mol. The Labute approximate surface area is 100 Å². The summed E-state index contributed by atoms with van der Waals surface area (Å²) >= 11 is 0. The van der Waals surface area contributed by atoms with Crippen molar-refractivity contribution in [1.82, 2.24) is 0 Å². The van der Waals surface area contributed by atoms with E-state index < -0.39 is 36.2 Å². The fraction of sp³-hybridized carbons (Fsp3) is 1.00. The molecule has 0 radical (unpaired) electrons. The second-order valence-electron chi connectivity index (χ2n) is 3.47. The summed E-state index contributed by atoms with van der Waals surface area (Å²) < 4.78 is 140. The Balaban J connectivity index is 3.49.